The number of nitrogens with zero attached hydrogens (tertiary/aromatic N) is 8. The second-order valence-electron chi connectivity index (χ2n) is 21.1. The van der Waals surface area contributed by atoms with Crippen molar-refractivity contribution in [3.8, 4) is 79.6 Å². The van der Waals surface area contributed by atoms with Gasteiger partial charge in [0.25, 0.3) is 0 Å². The summed E-state index contributed by atoms with van der Waals surface area (Å²) < 4.78 is 11.0. The first-order chi connectivity index (χ1) is 41.1. The van der Waals surface area contributed by atoms with Crippen molar-refractivity contribution in [1.29, 1.82) is 0 Å². The zero-order chi connectivity index (χ0) is 54.5. The average molecular weight is 1060 g/mol. The molecule has 0 bridgehead atoms. The summed E-state index contributed by atoms with van der Waals surface area (Å²) >= 11 is 0. The summed E-state index contributed by atoms with van der Waals surface area (Å²) in [5.74, 6) is 1.90. The van der Waals surface area contributed by atoms with Gasteiger partial charge >= 0.3 is 0 Å². The molecule has 386 valence electrons. The van der Waals surface area contributed by atoms with Crippen LogP contribution in [0, 0.1) is 0 Å². The van der Waals surface area contributed by atoms with E-state index in [1.165, 1.54) is 32.7 Å². The van der Waals surface area contributed by atoms with Gasteiger partial charge < -0.3 is 4.42 Å². The van der Waals surface area contributed by atoms with Gasteiger partial charge in [-0.1, -0.05) is 218 Å². The van der Waals surface area contributed by atoms with E-state index in [9.17, 15) is 0 Å². The largest absolute Gasteiger partial charge is 0.416 e. The van der Waals surface area contributed by atoms with Crippen molar-refractivity contribution < 1.29 is 4.42 Å². The lowest BCUT2D eigenvalue weighted by Crippen LogP contribution is -2.03. The van der Waals surface area contributed by atoms with Crippen LogP contribution in [-0.4, -0.2) is 39.3 Å². The van der Waals surface area contributed by atoms with E-state index >= 15 is 0 Å². The predicted molar refractivity (Wildman–Crippen MR) is 337 cm³/mol. The number of aromatic nitrogens is 8. The van der Waals surface area contributed by atoms with E-state index in [1.54, 1.807) is 0 Å². The molecule has 17 aromatic rings. The molecule has 0 spiro atoms. The molecule has 0 amide bonds. The third kappa shape index (κ3) is 7.56. The Bertz CT molecular complexity index is 5120. The number of benzene rings is 12. The van der Waals surface area contributed by atoms with Gasteiger partial charge in [0, 0.05) is 54.6 Å². The molecule has 0 saturated heterocycles. The van der Waals surface area contributed by atoms with E-state index in [0.717, 1.165) is 110 Å². The fraction of sp³-hybridized carbons (Fsp3) is 0. The van der Waals surface area contributed by atoms with E-state index in [1.807, 2.05) is 36.4 Å². The van der Waals surface area contributed by atoms with Crippen LogP contribution >= 0.6 is 0 Å². The number of para-hydroxylation sites is 4. The van der Waals surface area contributed by atoms with Crippen LogP contribution in [-0.2, 0) is 0 Å². The van der Waals surface area contributed by atoms with Crippen LogP contribution < -0.4 is 0 Å². The molecule has 0 aliphatic heterocycles. The van der Waals surface area contributed by atoms with Crippen LogP contribution in [0.3, 0.4) is 0 Å². The van der Waals surface area contributed by atoms with Crippen molar-refractivity contribution in [3.63, 3.8) is 0 Å². The van der Waals surface area contributed by atoms with Gasteiger partial charge in [0.2, 0.25) is 23.7 Å². The van der Waals surface area contributed by atoms with Gasteiger partial charge in [0.1, 0.15) is 0 Å². The predicted octanol–water partition coefficient (Wildman–Crippen LogP) is 18.5. The summed E-state index contributed by atoms with van der Waals surface area (Å²) in [6.07, 6.45) is 0. The molecule has 9 heteroatoms. The minimum atomic E-state index is 0.389. The molecule has 9 nitrogen and oxygen atoms in total. The Morgan fingerprint density at radius 3 is 1.06 bits per heavy atom. The first-order valence-electron chi connectivity index (χ1n) is 27.8. The van der Waals surface area contributed by atoms with Crippen LogP contribution in [0.5, 0.6) is 0 Å². The molecule has 0 saturated carbocycles. The summed E-state index contributed by atoms with van der Waals surface area (Å²) in [5, 5.41) is 20.5. The number of hydrogen-bond donors (Lipinski definition) is 0. The highest BCUT2D eigenvalue weighted by atomic mass is 16.4. The maximum absolute atomic E-state index is 6.69. The summed E-state index contributed by atoms with van der Waals surface area (Å²) in [5.41, 5.74) is 15.4. The Balaban J connectivity index is 0.756. The highest BCUT2D eigenvalue weighted by Gasteiger charge is 2.23. The molecule has 0 aliphatic carbocycles. The molecule has 5 heterocycles. The second-order valence-corrected chi connectivity index (χ2v) is 21.1. The number of rotatable bonds is 8. The summed E-state index contributed by atoms with van der Waals surface area (Å²) in [4.78, 5) is 21.4. The fourth-order valence-corrected chi connectivity index (χ4v) is 12.4. The van der Waals surface area contributed by atoms with Gasteiger partial charge in [-0.05, 0) is 92.3 Å². The minimum absolute atomic E-state index is 0.389. The van der Waals surface area contributed by atoms with Gasteiger partial charge in [-0.2, -0.15) is 0 Å². The van der Waals surface area contributed by atoms with Crippen molar-refractivity contribution in [3.05, 3.63) is 267 Å². The van der Waals surface area contributed by atoms with Gasteiger partial charge in [-0.3, -0.25) is 9.13 Å². The molecular formula is C74H44N8O. The molecule has 5 aromatic heterocycles. The van der Waals surface area contributed by atoms with E-state index in [0.29, 0.717) is 23.7 Å². The van der Waals surface area contributed by atoms with E-state index in [2.05, 4.69) is 240 Å². The first-order valence-corrected chi connectivity index (χ1v) is 27.8. The Kier molecular flexibility index (Phi) is 10.4. The van der Waals surface area contributed by atoms with Gasteiger partial charge in [0.15, 0.2) is 0 Å². The molecule has 0 radical (unpaired) electrons. The molecule has 0 N–H and O–H groups in total. The monoisotopic (exact) mass is 1060 g/mol. The standard InChI is InChI=1S/C74H44N8O/c1-3-19-53-45(15-1)17-13-25-55(53)47-31-35-49(36-32-47)69-61-23-5-9-27-63(61)75-73(77-69)81-65-29-11-7-21-57(65)59-41-39-51(43-67(59)81)71-79-80-72(83-71)52-40-42-60-58-22-8-12-30-66(58)82(68(60)44-52)74-76-64-28-10-6-24-62(64)70(78-74)50-37-33-48(34-38-50)56-26-14-18-46-16-2-4-20-54(46)56/h1-44H. The molecule has 83 heavy (non-hydrogen) atoms. The van der Waals surface area contributed by atoms with Crippen molar-refractivity contribution in [2.75, 3.05) is 0 Å². The minimum Gasteiger partial charge on any atom is -0.416 e. The first kappa shape index (κ1) is 46.5. The zero-order valence-electron chi connectivity index (χ0n) is 44.4. The lowest BCUT2D eigenvalue weighted by Gasteiger charge is -2.13. The Hall–Kier alpha value is -11.4. The third-order valence-electron chi connectivity index (χ3n) is 16.4. The quantitative estimate of drug-likeness (QED) is 0.149. The maximum Gasteiger partial charge on any atom is 0.248 e. The molecule has 0 fully saturated rings. The van der Waals surface area contributed by atoms with Crippen LogP contribution in [0.4, 0.5) is 0 Å². The zero-order valence-corrected chi connectivity index (χ0v) is 44.4. The average Bonchev–Trinajstić information content (AvgIpc) is 3.78. The molecule has 17 rings (SSSR count). The van der Waals surface area contributed by atoms with E-state index in [4.69, 9.17) is 34.6 Å². The van der Waals surface area contributed by atoms with Gasteiger partial charge in [0.05, 0.1) is 44.5 Å². The molecule has 12 aromatic carbocycles. The van der Waals surface area contributed by atoms with Crippen LogP contribution in [0.1, 0.15) is 0 Å². The van der Waals surface area contributed by atoms with Gasteiger partial charge in [-0.25, -0.2) is 19.9 Å². The fourth-order valence-electron chi connectivity index (χ4n) is 12.4. The normalized spacial score (nSPS) is 11.9. The Morgan fingerprint density at radius 1 is 0.253 bits per heavy atom. The smallest absolute Gasteiger partial charge is 0.248 e. The third-order valence-corrected chi connectivity index (χ3v) is 16.4. The van der Waals surface area contributed by atoms with Crippen LogP contribution in [0.15, 0.2) is 271 Å². The number of hydrogen-bond acceptors (Lipinski definition) is 7. The SMILES string of the molecule is c1ccc2c(-c3ccc(-c4nc(-n5c6ccccc6c6ccc(-c7nnc(-c8ccc9c%10ccccc%10n(-c%10nc(-c%11ccc(-c%12cccc%13ccccc%12%13)cc%11)c%11ccccc%11n%10)c9c8)o7)cc65)nc5ccccc45)cc3)cccc2c1. The summed E-state index contributed by atoms with van der Waals surface area (Å²) in [6.45, 7) is 0. The van der Waals surface area contributed by atoms with E-state index < -0.39 is 0 Å². The number of fused-ring (bicyclic) bond motifs is 10. The summed E-state index contributed by atoms with van der Waals surface area (Å²) in [7, 11) is 0. The van der Waals surface area contributed by atoms with Crippen LogP contribution in [0.2, 0.25) is 0 Å². The van der Waals surface area contributed by atoms with Crippen molar-refractivity contribution in [1.82, 2.24) is 39.3 Å². The highest BCUT2D eigenvalue weighted by Crippen LogP contribution is 2.40. The van der Waals surface area contributed by atoms with Crippen molar-refractivity contribution in [2.45, 2.75) is 0 Å². The molecule has 0 unspecified atom stereocenters. The summed E-state index contributed by atoms with van der Waals surface area (Å²) in [6, 6.07) is 93.3. The Morgan fingerprint density at radius 2 is 0.602 bits per heavy atom. The maximum atomic E-state index is 6.69. The van der Waals surface area contributed by atoms with Crippen molar-refractivity contribution in [2.24, 2.45) is 0 Å². The molecular weight excluding hydrogens is 1020 g/mol. The molecule has 0 atom stereocenters. The highest BCUT2D eigenvalue weighted by molar-refractivity contribution is 6.12. The second kappa shape index (κ2) is 18.6. The topological polar surface area (TPSA) is 100 Å². The lowest BCUT2D eigenvalue weighted by molar-refractivity contribution is 0.584. The van der Waals surface area contributed by atoms with E-state index in [-0.39, 0.29) is 0 Å². The Labute approximate surface area is 474 Å². The molecule has 0 aliphatic rings. The van der Waals surface area contributed by atoms with Crippen molar-refractivity contribution >= 4 is 87.0 Å². The lowest BCUT2D eigenvalue weighted by atomic mass is 9.96. The van der Waals surface area contributed by atoms with Gasteiger partial charge in [-0.15, -0.1) is 10.2 Å². The van der Waals surface area contributed by atoms with Crippen LogP contribution in [0.25, 0.3) is 167 Å².